The molecule has 1 amide bonds. The molecule has 0 aromatic rings. The van der Waals surface area contributed by atoms with Crippen LogP contribution in [0.4, 0.5) is 8.78 Å². The van der Waals surface area contributed by atoms with Gasteiger partial charge in [-0.3, -0.25) is 4.79 Å². The summed E-state index contributed by atoms with van der Waals surface area (Å²) < 4.78 is 24.3. The Bertz CT molecular complexity index is 183. The summed E-state index contributed by atoms with van der Waals surface area (Å²) in [6, 6.07) is -0.365. The Morgan fingerprint density at radius 3 is 2.55 bits per heavy atom. The third-order valence-electron chi connectivity index (χ3n) is 1.62. The maximum absolute atomic E-state index is 12.2. The summed E-state index contributed by atoms with van der Waals surface area (Å²) in [6.07, 6.45) is 0.593. The van der Waals surface area contributed by atoms with E-state index in [0.29, 0.717) is 0 Å². The number of carbonyl (C=O) groups is 1. The summed E-state index contributed by atoms with van der Waals surface area (Å²) in [5.41, 5.74) is 0. The van der Waals surface area contributed by atoms with Gasteiger partial charge >= 0.3 is 0 Å². The van der Waals surface area contributed by atoms with Gasteiger partial charge in [0.1, 0.15) is 0 Å². The van der Waals surface area contributed by atoms with Crippen molar-refractivity contribution in [1.29, 1.82) is 0 Å². The highest BCUT2D eigenvalue weighted by Gasteiger charge is 2.45. The zero-order chi connectivity index (χ0) is 8.48. The molecule has 1 aliphatic carbocycles. The predicted molar refractivity (Wildman–Crippen MR) is 36.3 cm³/mol. The Labute approximate surface area is 63.3 Å². The highest BCUT2D eigenvalue weighted by Crippen LogP contribution is 2.37. The topological polar surface area (TPSA) is 29.1 Å². The number of nitrogens with one attached hydrogen (secondary N) is 1. The van der Waals surface area contributed by atoms with Crippen molar-refractivity contribution in [2.24, 2.45) is 0 Å². The molecule has 1 N–H and O–H groups in total. The Balaban J connectivity index is 2.24. The smallest absolute Gasteiger partial charge is 0.252 e. The molecule has 2 nitrogen and oxygen atoms in total. The van der Waals surface area contributed by atoms with E-state index >= 15 is 0 Å². The van der Waals surface area contributed by atoms with Crippen LogP contribution < -0.4 is 5.32 Å². The quantitative estimate of drug-likeness (QED) is 0.603. The number of rotatable bonds is 2. The predicted octanol–water partition coefficient (Wildman–Crippen LogP) is 1.09. The first-order chi connectivity index (χ1) is 5.03. The van der Waals surface area contributed by atoms with Crippen molar-refractivity contribution < 1.29 is 13.6 Å². The first kappa shape index (κ1) is 8.17. The molecule has 0 unspecified atom stereocenters. The molecule has 0 spiro atoms. The van der Waals surface area contributed by atoms with Crippen LogP contribution in [-0.4, -0.2) is 17.9 Å². The standard InChI is InChI=1S/C7H9F2NO/c1-2-6(11)10-5-3-7(8,9)4-5/h2,5H,1,3-4H2,(H,10,11). The Morgan fingerprint density at radius 2 is 2.18 bits per heavy atom. The van der Waals surface area contributed by atoms with Gasteiger partial charge in [-0.15, -0.1) is 0 Å². The molecular weight excluding hydrogens is 152 g/mol. The fourth-order valence-electron chi connectivity index (χ4n) is 1.02. The van der Waals surface area contributed by atoms with Crippen LogP contribution in [0.15, 0.2) is 12.7 Å². The molecule has 1 fully saturated rings. The number of amides is 1. The van der Waals surface area contributed by atoms with E-state index in [-0.39, 0.29) is 24.8 Å². The zero-order valence-electron chi connectivity index (χ0n) is 5.94. The summed E-state index contributed by atoms with van der Waals surface area (Å²) in [5.74, 6) is -2.95. The van der Waals surface area contributed by atoms with Gasteiger partial charge in [-0.2, -0.15) is 0 Å². The van der Waals surface area contributed by atoms with Crippen LogP contribution in [0.25, 0.3) is 0 Å². The summed E-state index contributed by atoms with van der Waals surface area (Å²) in [5, 5.41) is 2.38. The van der Waals surface area contributed by atoms with Crippen LogP contribution in [0.3, 0.4) is 0 Å². The maximum atomic E-state index is 12.2. The second kappa shape index (κ2) is 2.60. The van der Waals surface area contributed by atoms with Crippen molar-refractivity contribution in [2.75, 3.05) is 0 Å². The lowest BCUT2D eigenvalue weighted by Crippen LogP contribution is -2.50. The minimum Gasteiger partial charge on any atom is -0.349 e. The van der Waals surface area contributed by atoms with Gasteiger partial charge in [0.25, 0.3) is 5.92 Å². The third kappa shape index (κ3) is 2.00. The van der Waals surface area contributed by atoms with Crippen molar-refractivity contribution in [3.05, 3.63) is 12.7 Å². The van der Waals surface area contributed by atoms with Gasteiger partial charge < -0.3 is 5.32 Å². The Hall–Kier alpha value is -0.930. The molecule has 0 radical (unpaired) electrons. The summed E-state index contributed by atoms with van der Waals surface area (Å²) in [7, 11) is 0. The summed E-state index contributed by atoms with van der Waals surface area (Å²) >= 11 is 0. The normalized spacial score (nSPS) is 22.0. The van der Waals surface area contributed by atoms with Gasteiger partial charge in [0.2, 0.25) is 5.91 Å². The number of hydrogen-bond acceptors (Lipinski definition) is 1. The highest BCUT2D eigenvalue weighted by atomic mass is 19.3. The van der Waals surface area contributed by atoms with E-state index in [1.807, 2.05) is 0 Å². The molecule has 0 aromatic heterocycles. The molecule has 4 heteroatoms. The molecule has 0 bridgehead atoms. The second-order valence-electron chi connectivity index (χ2n) is 2.67. The van der Waals surface area contributed by atoms with E-state index in [0.717, 1.165) is 6.08 Å². The van der Waals surface area contributed by atoms with Gasteiger partial charge in [0.15, 0.2) is 0 Å². The first-order valence-corrected chi connectivity index (χ1v) is 3.34. The molecular formula is C7H9F2NO. The van der Waals surface area contributed by atoms with Crippen molar-refractivity contribution in [1.82, 2.24) is 5.32 Å². The van der Waals surface area contributed by atoms with E-state index in [1.165, 1.54) is 0 Å². The average molecular weight is 161 g/mol. The molecule has 62 valence electrons. The van der Waals surface area contributed by atoms with Crippen LogP contribution in [0, 0.1) is 0 Å². The first-order valence-electron chi connectivity index (χ1n) is 3.34. The minimum atomic E-state index is -2.57. The van der Waals surface area contributed by atoms with Crippen molar-refractivity contribution in [2.45, 2.75) is 24.8 Å². The average Bonchev–Trinajstić information content (AvgIpc) is 1.83. The van der Waals surface area contributed by atoms with Gasteiger partial charge in [-0.25, -0.2) is 8.78 Å². The number of alkyl halides is 2. The van der Waals surface area contributed by atoms with Gasteiger partial charge in [-0.05, 0) is 6.08 Å². The fourth-order valence-corrected chi connectivity index (χ4v) is 1.02. The second-order valence-corrected chi connectivity index (χ2v) is 2.67. The van der Waals surface area contributed by atoms with Crippen LogP contribution in [0.1, 0.15) is 12.8 Å². The Kier molecular flexibility index (Phi) is 1.93. The van der Waals surface area contributed by atoms with E-state index in [1.54, 1.807) is 0 Å². The number of carbonyl (C=O) groups excluding carboxylic acids is 1. The van der Waals surface area contributed by atoms with Crippen molar-refractivity contribution >= 4 is 5.91 Å². The molecule has 0 aromatic carbocycles. The summed E-state index contributed by atoms with van der Waals surface area (Å²) in [4.78, 5) is 10.6. The SMILES string of the molecule is C=CC(=O)NC1CC(F)(F)C1. The molecule has 0 heterocycles. The molecule has 0 saturated heterocycles. The van der Waals surface area contributed by atoms with Crippen LogP contribution >= 0.6 is 0 Å². The van der Waals surface area contributed by atoms with Gasteiger partial charge in [0.05, 0.1) is 0 Å². The van der Waals surface area contributed by atoms with Crippen molar-refractivity contribution in [3.8, 4) is 0 Å². The van der Waals surface area contributed by atoms with Crippen molar-refractivity contribution in [3.63, 3.8) is 0 Å². The summed E-state index contributed by atoms with van der Waals surface area (Å²) in [6.45, 7) is 3.21. The third-order valence-corrected chi connectivity index (χ3v) is 1.62. The largest absolute Gasteiger partial charge is 0.349 e. The fraction of sp³-hybridized carbons (Fsp3) is 0.571. The van der Waals surface area contributed by atoms with Crippen LogP contribution in [0.5, 0.6) is 0 Å². The lowest BCUT2D eigenvalue weighted by atomic mass is 9.88. The minimum absolute atomic E-state index is 0.243. The van der Waals surface area contributed by atoms with Crippen LogP contribution in [0.2, 0.25) is 0 Å². The van der Waals surface area contributed by atoms with E-state index < -0.39 is 5.92 Å². The lowest BCUT2D eigenvalue weighted by Gasteiger charge is -2.34. The van der Waals surface area contributed by atoms with Crippen LogP contribution in [-0.2, 0) is 4.79 Å². The monoisotopic (exact) mass is 161 g/mol. The molecule has 11 heavy (non-hydrogen) atoms. The number of hydrogen-bond donors (Lipinski definition) is 1. The lowest BCUT2D eigenvalue weighted by molar-refractivity contribution is -0.124. The molecule has 1 saturated carbocycles. The molecule has 0 atom stereocenters. The number of halogens is 2. The maximum Gasteiger partial charge on any atom is 0.252 e. The molecule has 1 rings (SSSR count). The molecule has 0 aliphatic heterocycles. The highest BCUT2D eigenvalue weighted by molar-refractivity contribution is 5.87. The van der Waals surface area contributed by atoms with Gasteiger partial charge in [-0.1, -0.05) is 6.58 Å². The van der Waals surface area contributed by atoms with E-state index in [2.05, 4.69) is 11.9 Å². The molecule has 1 aliphatic rings. The zero-order valence-corrected chi connectivity index (χ0v) is 5.94. The van der Waals surface area contributed by atoms with E-state index in [9.17, 15) is 13.6 Å². The van der Waals surface area contributed by atoms with E-state index in [4.69, 9.17) is 0 Å². The Morgan fingerprint density at radius 1 is 1.64 bits per heavy atom. The van der Waals surface area contributed by atoms with Gasteiger partial charge in [0, 0.05) is 18.9 Å².